The van der Waals surface area contributed by atoms with Crippen LogP contribution in [0.4, 0.5) is 11.4 Å². The number of nitro groups is 1. The maximum Gasteiger partial charge on any atom is 0.293 e. The topological polar surface area (TPSA) is 55.2 Å². The van der Waals surface area contributed by atoms with E-state index in [9.17, 15) is 10.1 Å². The van der Waals surface area contributed by atoms with Gasteiger partial charge in [0.1, 0.15) is 5.69 Å². The molecule has 0 spiro atoms. The number of hydrogen-bond donors (Lipinski definition) is 1. The van der Waals surface area contributed by atoms with Gasteiger partial charge in [0, 0.05) is 16.6 Å². The van der Waals surface area contributed by atoms with Gasteiger partial charge in [-0.1, -0.05) is 46.3 Å². The Labute approximate surface area is 119 Å². The standard InChI is InChI=1S/C14H13BrN2O2/c1-10(11-5-3-2-4-6-11)16-13-8-7-12(15)9-14(13)17(18)19/h2-10,16H,1H3. The predicted molar refractivity (Wildman–Crippen MR) is 79.3 cm³/mol. The normalized spacial score (nSPS) is 11.9. The van der Waals surface area contributed by atoms with Crippen LogP contribution in [0, 0.1) is 10.1 Å². The van der Waals surface area contributed by atoms with Crippen LogP contribution in [0.25, 0.3) is 0 Å². The predicted octanol–water partition coefficient (Wildman–Crippen LogP) is 4.53. The summed E-state index contributed by atoms with van der Waals surface area (Å²) in [7, 11) is 0. The van der Waals surface area contributed by atoms with Gasteiger partial charge in [-0.05, 0) is 24.6 Å². The molecule has 1 atom stereocenters. The van der Waals surface area contributed by atoms with Crippen molar-refractivity contribution in [2.24, 2.45) is 0 Å². The molecule has 0 aliphatic heterocycles. The molecule has 5 heteroatoms. The Morgan fingerprint density at radius 1 is 1.21 bits per heavy atom. The number of rotatable bonds is 4. The smallest absolute Gasteiger partial charge is 0.293 e. The van der Waals surface area contributed by atoms with Crippen molar-refractivity contribution in [2.45, 2.75) is 13.0 Å². The zero-order valence-electron chi connectivity index (χ0n) is 10.3. The number of halogens is 1. The van der Waals surface area contributed by atoms with Gasteiger partial charge in [-0.3, -0.25) is 10.1 Å². The monoisotopic (exact) mass is 320 g/mol. The van der Waals surface area contributed by atoms with E-state index in [1.165, 1.54) is 6.07 Å². The molecule has 0 fully saturated rings. The lowest BCUT2D eigenvalue weighted by molar-refractivity contribution is -0.384. The first-order valence-electron chi connectivity index (χ1n) is 5.83. The van der Waals surface area contributed by atoms with E-state index in [0.717, 1.165) is 5.56 Å². The van der Waals surface area contributed by atoms with Gasteiger partial charge >= 0.3 is 0 Å². The SMILES string of the molecule is CC(Nc1ccc(Br)cc1[N+](=O)[O-])c1ccccc1. The third-order valence-electron chi connectivity index (χ3n) is 2.83. The van der Waals surface area contributed by atoms with Crippen molar-refractivity contribution < 1.29 is 4.92 Å². The summed E-state index contributed by atoms with van der Waals surface area (Å²) in [6.07, 6.45) is 0. The molecule has 0 aliphatic carbocycles. The van der Waals surface area contributed by atoms with Gasteiger partial charge in [-0.25, -0.2) is 0 Å². The third kappa shape index (κ3) is 3.32. The average Bonchev–Trinajstić information content (AvgIpc) is 2.41. The minimum absolute atomic E-state index is 0.000996. The van der Waals surface area contributed by atoms with E-state index in [1.807, 2.05) is 37.3 Å². The summed E-state index contributed by atoms with van der Waals surface area (Å²) in [4.78, 5) is 10.7. The summed E-state index contributed by atoms with van der Waals surface area (Å²) in [6, 6.07) is 14.8. The molecule has 19 heavy (non-hydrogen) atoms. The number of benzene rings is 2. The van der Waals surface area contributed by atoms with Crippen LogP contribution >= 0.6 is 15.9 Å². The molecule has 0 amide bonds. The van der Waals surface area contributed by atoms with Gasteiger partial charge in [0.05, 0.1) is 4.92 Å². The lowest BCUT2D eigenvalue weighted by Gasteiger charge is -2.15. The van der Waals surface area contributed by atoms with Gasteiger partial charge in [0.25, 0.3) is 5.69 Å². The Kier molecular flexibility index (Phi) is 4.16. The van der Waals surface area contributed by atoms with Gasteiger partial charge < -0.3 is 5.32 Å². The van der Waals surface area contributed by atoms with Crippen molar-refractivity contribution in [1.82, 2.24) is 0 Å². The Morgan fingerprint density at radius 3 is 2.53 bits per heavy atom. The number of hydrogen-bond acceptors (Lipinski definition) is 3. The number of anilines is 1. The van der Waals surface area contributed by atoms with Crippen LogP contribution in [0.2, 0.25) is 0 Å². The van der Waals surface area contributed by atoms with Crippen LogP contribution in [-0.2, 0) is 0 Å². The molecule has 0 radical (unpaired) electrons. The third-order valence-corrected chi connectivity index (χ3v) is 3.32. The molecule has 0 aromatic heterocycles. The largest absolute Gasteiger partial charge is 0.373 e. The molecule has 2 aromatic carbocycles. The summed E-state index contributed by atoms with van der Waals surface area (Å²) in [5.41, 5.74) is 1.67. The fourth-order valence-electron chi connectivity index (χ4n) is 1.84. The number of nitro benzene ring substituents is 1. The van der Waals surface area contributed by atoms with Crippen molar-refractivity contribution in [3.63, 3.8) is 0 Å². The van der Waals surface area contributed by atoms with E-state index < -0.39 is 0 Å². The zero-order chi connectivity index (χ0) is 13.8. The summed E-state index contributed by atoms with van der Waals surface area (Å²) in [5, 5.41) is 14.2. The molecule has 2 aromatic rings. The Hall–Kier alpha value is -1.88. The summed E-state index contributed by atoms with van der Waals surface area (Å²) < 4.78 is 0.692. The van der Waals surface area contributed by atoms with Crippen molar-refractivity contribution in [2.75, 3.05) is 5.32 Å². The lowest BCUT2D eigenvalue weighted by atomic mass is 10.1. The maximum atomic E-state index is 11.0. The molecular formula is C14H13BrN2O2. The van der Waals surface area contributed by atoms with Gasteiger partial charge in [-0.15, -0.1) is 0 Å². The Morgan fingerprint density at radius 2 is 1.89 bits per heavy atom. The molecule has 0 aliphatic rings. The zero-order valence-corrected chi connectivity index (χ0v) is 11.9. The van der Waals surface area contributed by atoms with E-state index in [2.05, 4.69) is 21.2 Å². The lowest BCUT2D eigenvalue weighted by Crippen LogP contribution is -2.08. The molecule has 1 unspecified atom stereocenters. The van der Waals surface area contributed by atoms with Crippen LogP contribution in [0.5, 0.6) is 0 Å². The second kappa shape index (κ2) is 5.84. The van der Waals surface area contributed by atoms with E-state index in [4.69, 9.17) is 0 Å². The van der Waals surface area contributed by atoms with E-state index in [-0.39, 0.29) is 16.7 Å². The molecule has 98 valence electrons. The van der Waals surface area contributed by atoms with Crippen molar-refractivity contribution in [1.29, 1.82) is 0 Å². The first-order valence-corrected chi connectivity index (χ1v) is 6.62. The second-order valence-corrected chi connectivity index (χ2v) is 5.11. The van der Waals surface area contributed by atoms with Crippen LogP contribution in [0.1, 0.15) is 18.5 Å². The summed E-state index contributed by atoms with van der Waals surface area (Å²) in [6.45, 7) is 1.97. The minimum atomic E-state index is -0.384. The van der Waals surface area contributed by atoms with Crippen molar-refractivity contribution >= 4 is 27.3 Å². The molecule has 0 saturated heterocycles. The quantitative estimate of drug-likeness (QED) is 0.665. The fourth-order valence-corrected chi connectivity index (χ4v) is 2.19. The van der Waals surface area contributed by atoms with Crippen LogP contribution in [0.3, 0.4) is 0 Å². The first-order chi connectivity index (χ1) is 9.08. The molecule has 0 saturated carbocycles. The molecule has 1 N–H and O–H groups in total. The summed E-state index contributed by atoms with van der Waals surface area (Å²) >= 11 is 3.24. The fraction of sp³-hybridized carbons (Fsp3) is 0.143. The average molecular weight is 321 g/mol. The maximum absolute atomic E-state index is 11.0. The highest BCUT2D eigenvalue weighted by atomic mass is 79.9. The highest BCUT2D eigenvalue weighted by molar-refractivity contribution is 9.10. The molecule has 4 nitrogen and oxygen atoms in total. The van der Waals surface area contributed by atoms with Gasteiger partial charge in [0.15, 0.2) is 0 Å². The van der Waals surface area contributed by atoms with E-state index >= 15 is 0 Å². The van der Waals surface area contributed by atoms with Crippen LogP contribution < -0.4 is 5.32 Å². The van der Waals surface area contributed by atoms with Crippen LogP contribution in [0.15, 0.2) is 53.0 Å². The number of nitrogens with one attached hydrogen (secondary N) is 1. The molecular weight excluding hydrogens is 308 g/mol. The van der Waals surface area contributed by atoms with Crippen molar-refractivity contribution in [3.05, 3.63) is 68.7 Å². The first kappa shape index (κ1) is 13.5. The summed E-state index contributed by atoms with van der Waals surface area (Å²) in [5.74, 6) is 0. The van der Waals surface area contributed by atoms with E-state index in [1.54, 1.807) is 12.1 Å². The second-order valence-electron chi connectivity index (χ2n) is 4.20. The van der Waals surface area contributed by atoms with Gasteiger partial charge in [0.2, 0.25) is 0 Å². The van der Waals surface area contributed by atoms with Crippen molar-refractivity contribution in [3.8, 4) is 0 Å². The van der Waals surface area contributed by atoms with Crippen LogP contribution in [-0.4, -0.2) is 4.92 Å². The Bertz CT molecular complexity index is 587. The van der Waals surface area contributed by atoms with Gasteiger partial charge in [-0.2, -0.15) is 0 Å². The molecule has 0 heterocycles. The highest BCUT2D eigenvalue weighted by Gasteiger charge is 2.16. The number of nitrogens with zero attached hydrogens (tertiary/aromatic N) is 1. The molecule has 2 rings (SSSR count). The highest BCUT2D eigenvalue weighted by Crippen LogP contribution is 2.30. The Balaban J connectivity index is 2.26. The molecule has 0 bridgehead atoms. The minimum Gasteiger partial charge on any atom is -0.373 e. The van der Waals surface area contributed by atoms with E-state index in [0.29, 0.717) is 10.2 Å².